The summed E-state index contributed by atoms with van der Waals surface area (Å²) in [6, 6.07) is 22.1. The number of hydrogen-bond donors (Lipinski definition) is 1. The van der Waals surface area contributed by atoms with Gasteiger partial charge < -0.3 is 9.47 Å². The van der Waals surface area contributed by atoms with Crippen LogP contribution in [0.1, 0.15) is 21.5 Å². The van der Waals surface area contributed by atoms with Gasteiger partial charge in [0.05, 0.1) is 19.0 Å². The molecule has 3 aromatic carbocycles. The maximum atomic E-state index is 12.3. The van der Waals surface area contributed by atoms with E-state index in [2.05, 4.69) is 26.1 Å². The van der Waals surface area contributed by atoms with Crippen LogP contribution in [0.25, 0.3) is 5.69 Å². The van der Waals surface area contributed by atoms with E-state index in [4.69, 9.17) is 9.47 Å². The lowest BCUT2D eigenvalue weighted by Crippen LogP contribution is -2.17. The Labute approximate surface area is 184 Å². The van der Waals surface area contributed by atoms with Crippen LogP contribution >= 0.6 is 0 Å². The van der Waals surface area contributed by atoms with Gasteiger partial charge >= 0.3 is 0 Å². The Bertz CT molecular complexity index is 1190. The van der Waals surface area contributed by atoms with Gasteiger partial charge in [-0.05, 0) is 64.0 Å². The highest BCUT2D eigenvalue weighted by molar-refractivity contribution is 5.95. The first-order valence-corrected chi connectivity index (χ1v) is 9.74. The van der Waals surface area contributed by atoms with Crippen molar-refractivity contribution in [3.8, 4) is 17.2 Å². The van der Waals surface area contributed by atoms with E-state index in [1.54, 1.807) is 37.4 Å². The van der Waals surface area contributed by atoms with Gasteiger partial charge in [-0.15, -0.1) is 5.10 Å². The fourth-order valence-electron chi connectivity index (χ4n) is 2.89. The van der Waals surface area contributed by atoms with Crippen LogP contribution in [-0.2, 0) is 6.61 Å². The van der Waals surface area contributed by atoms with E-state index in [0.717, 1.165) is 16.8 Å². The molecule has 9 heteroatoms. The third kappa shape index (κ3) is 5.14. The highest BCUT2D eigenvalue weighted by Crippen LogP contribution is 2.28. The molecule has 0 bridgehead atoms. The molecule has 0 aliphatic carbocycles. The van der Waals surface area contributed by atoms with Crippen molar-refractivity contribution in [3.05, 3.63) is 95.8 Å². The number of methoxy groups -OCH3 is 1. The minimum Gasteiger partial charge on any atom is -0.493 e. The summed E-state index contributed by atoms with van der Waals surface area (Å²) in [5, 5.41) is 15.0. The number of benzene rings is 3. The van der Waals surface area contributed by atoms with Gasteiger partial charge in [-0.3, -0.25) is 4.79 Å². The number of nitrogens with zero attached hydrogens (tertiary/aromatic N) is 5. The molecule has 9 nitrogen and oxygen atoms in total. The van der Waals surface area contributed by atoms with Crippen LogP contribution in [-0.4, -0.2) is 39.4 Å². The smallest absolute Gasteiger partial charge is 0.271 e. The van der Waals surface area contributed by atoms with Gasteiger partial charge in [0.15, 0.2) is 11.5 Å². The molecule has 0 aliphatic heterocycles. The molecule has 0 radical (unpaired) electrons. The molecule has 4 rings (SSSR count). The Morgan fingerprint density at radius 1 is 1.06 bits per heavy atom. The molecule has 0 saturated carbocycles. The zero-order valence-electron chi connectivity index (χ0n) is 17.3. The first kappa shape index (κ1) is 20.7. The molecule has 0 unspecified atom stereocenters. The minimum absolute atomic E-state index is 0.334. The number of carbonyl (C=O) groups excluding carboxylic acids is 1. The lowest BCUT2D eigenvalue weighted by Gasteiger charge is -2.11. The molecule has 4 aromatic rings. The molecule has 1 amide bonds. The third-order valence-electron chi connectivity index (χ3n) is 4.55. The Morgan fingerprint density at radius 3 is 2.59 bits per heavy atom. The number of hydrogen-bond acceptors (Lipinski definition) is 7. The summed E-state index contributed by atoms with van der Waals surface area (Å²) in [7, 11) is 1.58. The first-order chi connectivity index (χ1) is 15.7. The number of tetrazole rings is 1. The van der Waals surface area contributed by atoms with E-state index in [9.17, 15) is 4.79 Å². The van der Waals surface area contributed by atoms with Crippen LogP contribution in [0.2, 0.25) is 0 Å². The molecule has 0 spiro atoms. The lowest BCUT2D eigenvalue weighted by molar-refractivity contribution is 0.0955. The zero-order chi connectivity index (χ0) is 22.2. The quantitative estimate of drug-likeness (QED) is 0.342. The van der Waals surface area contributed by atoms with Crippen LogP contribution in [0.4, 0.5) is 0 Å². The van der Waals surface area contributed by atoms with Gasteiger partial charge in [0.1, 0.15) is 12.9 Å². The SMILES string of the molecule is COc1cc(/C=N/NC(=O)c2ccc(-n3cnnn3)cc2)ccc1OCc1ccccc1. The Kier molecular flexibility index (Phi) is 6.47. The predicted octanol–water partition coefficient (Wildman–Crippen LogP) is 3.01. The van der Waals surface area contributed by atoms with Crippen molar-refractivity contribution >= 4 is 12.1 Å². The lowest BCUT2D eigenvalue weighted by atomic mass is 10.2. The van der Waals surface area contributed by atoms with Gasteiger partial charge in [-0.2, -0.15) is 5.10 Å². The van der Waals surface area contributed by atoms with Crippen molar-refractivity contribution in [3.63, 3.8) is 0 Å². The van der Waals surface area contributed by atoms with Crippen molar-refractivity contribution in [1.29, 1.82) is 0 Å². The van der Waals surface area contributed by atoms with E-state index < -0.39 is 0 Å². The Balaban J connectivity index is 1.36. The largest absolute Gasteiger partial charge is 0.493 e. The van der Waals surface area contributed by atoms with Crippen LogP contribution in [0, 0.1) is 0 Å². The van der Waals surface area contributed by atoms with Crippen LogP contribution in [0.5, 0.6) is 11.5 Å². The summed E-state index contributed by atoms with van der Waals surface area (Å²) in [5.74, 6) is 0.869. The second kappa shape index (κ2) is 9.98. The van der Waals surface area contributed by atoms with E-state index in [0.29, 0.717) is 23.7 Å². The van der Waals surface area contributed by atoms with E-state index >= 15 is 0 Å². The highest BCUT2D eigenvalue weighted by atomic mass is 16.5. The zero-order valence-corrected chi connectivity index (χ0v) is 17.3. The maximum absolute atomic E-state index is 12.3. The molecular formula is C23H20N6O3. The predicted molar refractivity (Wildman–Crippen MR) is 118 cm³/mol. The van der Waals surface area contributed by atoms with E-state index in [-0.39, 0.29) is 5.91 Å². The summed E-state index contributed by atoms with van der Waals surface area (Å²) in [4.78, 5) is 12.3. The number of carbonyl (C=O) groups is 1. The molecule has 32 heavy (non-hydrogen) atoms. The summed E-state index contributed by atoms with van der Waals surface area (Å²) in [6.07, 6.45) is 3.02. The summed E-state index contributed by atoms with van der Waals surface area (Å²) < 4.78 is 12.8. The molecule has 1 aromatic heterocycles. The second-order valence-corrected chi connectivity index (χ2v) is 6.68. The number of rotatable bonds is 8. The van der Waals surface area contributed by atoms with E-state index in [1.165, 1.54) is 17.2 Å². The molecule has 0 aliphatic rings. The molecule has 0 atom stereocenters. The van der Waals surface area contributed by atoms with Crippen molar-refractivity contribution < 1.29 is 14.3 Å². The van der Waals surface area contributed by atoms with Gasteiger partial charge in [-0.1, -0.05) is 30.3 Å². The number of aromatic nitrogens is 4. The van der Waals surface area contributed by atoms with Gasteiger partial charge in [-0.25, -0.2) is 10.1 Å². The summed E-state index contributed by atoms with van der Waals surface area (Å²) in [5.41, 5.74) is 5.53. The van der Waals surface area contributed by atoms with Crippen molar-refractivity contribution in [2.75, 3.05) is 7.11 Å². The molecule has 0 fully saturated rings. The Hall–Kier alpha value is -4.53. The monoisotopic (exact) mass is 428 g/mol. The molecule has 1 heterocycles. The number of ether oxygens (including phenoxy) is 2. The normalized spacial score (nSPS) is 10.8. The summed E-state index contributed by atoms with van der Waals surface area (Å²) >= 11 is 0. The van der Waals surface area contributed by atoms with Gasteiger partial charge in [0, 0.05) is 5.56 Å². The standard InChI is InChI=1S/C23H20N6O3/c1-31-22-13-18(7-12-21(22)32-15-17-5-3-2-4-6-17)14-24-26-23(30)19-8-10-20(11-9-19)29-16-25-27-28-29/h2-14,16H,15H2,1H3,(H,26,30)/b24-14+. The number of hydrazone groups is 1. The van der Waals surface area contributed by atoms with E-state index in [1.807, 2.05) is 42.5 Å². The topological polar surface area (TPSA) is 104 Å². The number of amides is 1. The molecule has 1 N–H and O–H groups in total. The van der Waals surface area contributed by atoms with Crippen LogP contribution in [0.15, 0.2) is 84.2 Å². The first-order valence-electron chi connectivity index (χ1n) is 9.74. The fourth-order valence-corrected chi connectivity index (χ4v) is 2.89. The Morgan fingerprint density at radius 2 is 1.88 bits per heavy atom. The maximum Gasteiger partial charge on any atom is 0.271 e. The average Bonchev–Trinajstić information content (AvgIpc) is 3.39. The summed E-state index contributed by atoms with van der Waals surface area (Å²) in [6.45, 7) is 0.437. The third-order valence-corrected chi connectivity index (χ3v) is 4.55. The van der Waals surface area contributed by atoms with Gasteiger partial charge in [0.25, 0.3) is 5.91 Å². The van der Waals surface area contributed by atoms with Crippen molar-refractivity contribution in [1.82, 2.24) is 25.6 Å². The number of nitrogens with one attached hydrogen (secondary N) is 1. The molecule has 160 valence electrons. The van der Waals surface area contributed by atoms with Crippen LogP contribution in [0.3, 0.4) is 0 Å². The van der Waals surface area contributed by atoms with Crippen LogP contribution < -0.4 is 14.9 Å². The average molecular weight is 428 g/mol. The second-order valence-electron chi connectivity index (χ2n) is 6.68. The molecule has 0 saturated heterocycles. The van der Waals surface area contributed by atoms with Crippen molar-refractivity contribution in [2.24, 2.45) is 5.10 Å². The van der Waals surface area contributed by atoms with Gasteiger partial charge in [0.2, 0.25) is 0 Å². The fraction of sp³-hybridized carbons (Fsp3) is 0.0870. The highest BCUT2D eigenvalue weighted by Gasteiger charge is 2.07. The van der Waals surface area contributed by atoms with Crippen molar-refractivity contribution in [2.45, 2.75) is 6.61 Å². The molecular weight excluding hydrogens is 408 g/mol. The minimum atomic E-state index is -0.334.